The van der Waals surface area contributed by atoms with Crippen LogP contribution in [0.2, 0.25) is 5.02 Å². The quantitative estimate of drug-likeness (QED) is 0.633. The van der Waals surface area contributed by atoms with E-state index in [9.17, 15) is 13.2 Å². The highest BCUT2D eigenvalue weighted by Gasteiger charge is 2.39. The average Bonchev–Trinajstić information content (AvgIpc) is 2.21. The highest BCUT2D eigenvalue weighted by atomic mass is 35.5. The zero-order chi connectivity index (χ0) is 13.4. The molecule has 96 valence electrons. The number of hydrogen-bond donors (Lipinski definition) is 0. The molecule has 0 aliphatic heterocycles. The molecule has 0 aromatic heterocycles. The summed E-state index contributed by atoms with van der Waals surface area (Å²) < 4.78 is 23.1. The molecule has 4 nitrogen and oxygen atoms in total. The maximum absolute atomic E-state index is 11.6. The van der Waals surface area contributed by atoms with Crippen molar-refractivity contribution in [1.82, 2.24) is 0 Å². The lowest BCUT2D eigenvalue weighted by molar-refractivity contribution is 0.255. The van der Waals surface area contributed by atoms with Crippen LogP contribution in [-0.2, 0) is 20.2 Å². The molecule has 0 heterocycles. The Morgan fingerprint density at radius 2 is 2.00 bits per heavy atom. The van der Waals surface area contributed by atoms with Gasteiger partial charge in [-0.05, 0) is 43.0 Å². The van der Waals surface area contributed by atoms with E-state index in [-0.39, 0.29) is 4.90 Å². The molecular weight excluding hydrogens is 274 g/mol. The summed E-state index contributed by atoms with van der Waals surface area (Å²) in [5.41, 5.74) is 0.0385. The lowest BCUT2D eigenvalue weighted by atomic mass is 9.72. The van der Waals surface area contributed by atoms with E-state index in [1.54, 1.807) is 18.2 Å². The van der Waals surface area contributed by atoms with Crippen molar-refractivity contribution in [2.24, 2.45) is 4.99 Å². The second-order valence-corrected chi connectivity index (χ2v) is 6.99. The lowest BCUT2D eigenvalue weighted by Crippen LogP contribution is -2.32. The van der Waals surface area contributed by atoms with Gasteiger partial charge < -0.3 is 0 Å². The predicted octanol–water partition coefficient (Wildman–Crippen LogP) is 2.46. The minimum absolute atomic E-state index is 0.150. The number of isocyanates is 1. The molecule has 0 radical (unpaired) electrons. The van der Waals surface area contributed by atoms with E-state index in [1.807, 2.05) is 0 Å². The van der Waals surface area contributed by atoms with Crippen LogP contribution in [0.3, 0.4) is 0 Å². The van der Waals surface area contributed by atoms with Gasteiger partial charge in [-0.1, -0.05) is 11.6 Å². The molecular formula is C12H12ClNO3S. The number of halogens is 1. The first-order valence-electron chi connectivity index (χ1n) is 5.48. The van der Waals surface area contributed by atoms with Crippen LogP contribution in [0.5, 0.6) is 0 Å². The number of carbonyl (C=O) groups excluding carboxylic acids is 1. The molecule has 18 heavy (non-hydrogen) atoms. The molecule has 1 fully saturated rings. The van der Waals surface area contributed by atoms with E-state index in [1.165, 1.54) is 6.07 Å². The van der Waals surface area contributed by atoms with E-state index in [0.29, 0.717) is 23.4 Å². The first-order valence-corrected chi connectivity index (χ1v) is 7.74. The van der Waals surface area contributed by atoms with Gasteiger partial charge in [0.15, 0.2) is 9.84 Å². The molecule has 2 rings (SSSR count). The summed E-state index contributed by atoms with van der Waals surface area (Å²) in [6.07, 6.45) is 5.07. The second kappa shape index (κ2) is 4.50. The lowest BCUT2D eigenvalue weighted by Gasteiger charge is -2.37. The normalized spacial score (nSPS) is 17.7. The number of rotatable bonds is 3. The number of benzene rings is 1. The number of sulfone groups is 1. The van der Waals surface area contributed by atoms with Gasteiger partial charge in [0.1, 0.15) is 0 Å². The maximum atomic E-state index is 11.6. The van der Waals surface area contributed by atoms with E-state index in [0.717, 1.165) is 12.7 Å². The van der Waals surface area contributed by atoms with Crippen LogP contribution in [0.4, 0.5) is 0 Å². The van der Waals surface area contributed by atoms with Crippen molar-refractivity contribution >= 4 is 27.5 Å². The third-order valence-electron chi connectivity index (χ3n) is 3.28. The Morgan fingerprint density at radius 3 is 2.44 bits per heavy atom. The fourth-order valence-electron chi connectivity index (χ4n) is 2.11. The van der Waals surface area contributed by atoms with E-state index in [2.05, 4.69) is 4.99 Å². The van der Waals surface area contributed by atoms with Gasteiger partial charge in [0, 0.05) is 11.3 Å². The molecule has 6 heteroatoms. The molecule has 1 aliphatic carbocycles. The van der Waals surface area contributed by atoms with Crippen molar-refractivity contribution < 1.29 is 13.2 Å². The van der Waals surface area contributed by atoms with Gasteiger partial charge in [-0.25, -0.2) is 13.2 Å². The van der Waals surface area contributed by atoms with Crippen LogP contribution >= 0.6 is 11.6 Å². The van der Waals surface area contributed by atoms with E-state index >= 15 is 0 Å². The van der Waals surface area contributed by atoms with E-state index in [4.69, 9.17) is 11.6 Å². The van der Waals surface area contributed by atoms with Gasteiger partial charge >= 0.3 is 0 Å². The summed E-state index contributed by atoms with van der Waals surface area (Å²) in [7, 11) is -3.33. The molecule has 0 saturated heterocycles. The monoisotopic (exact) mass is 285 g/mol. The van der Waals surface area contributed by atoms with Crippen molar-refractivity contribution in [3.63, 3.8) is 0 Å². The molecule has 1 aromatic rings. The number of nitrogens with zero attached hydrogens (tertiary/aromatic N) is 1. The van der Waals surface area contributed by atoms with Crippen molar-refractivity contribution in [3.8, 4) is 0 Å². The van der Waals surface area contributed by atoms with Crippen molar-refractivity contribution in [2.75, 3.05) is 6.26 Å². The van der Waals surface area contributed by atoms with Gasteiger partial charge in [0.05, 0.1) is 10.4 Å². The molecule has 1 saturated carbocycles. The summed E-state index contributed by atoms with van der Waals surface area (Å²) in [5.74, 6) is 0. The number of aliphatic imine (C=N–C) groups is 1. The van der Waals surface area contributed by atoms with Crippen LogP contribution in [0.25, 0.3) is 0 Å². The van der Waals surface area contributed by atoms with Crippen LogP contribution in [-0.4, -0.2) is 20.8 Å². The predicted molar refractivity (Wildman–Crippen MR) is 68.2 cm³/mol. The maximum Gasteiger partial charge on any atom is 0.235 e. The Labute approximate surface area is 111 Å². The van der Waals surface area contributed by atoms with Crippen LogP contribution < -0.4 is 0 Å². The van der Waals surface area contributed by atoms with E-state index < -0.39 is 15.4 Å². The molecule has 0 unspecified atom stereocenters. The molecule has 1 aromatic carbocycles. The summed E-state index contributed by atoms with van der Waals surface area (Å²) in [4.78, 5) is 14.5. The Balaban J connectivity index is 2.58. The minimum Gasteiger partial charge on any atom is -0.224 e. The average molecular weight is 286 g/mol. The first kappa shape index (κ1) is 13.3. The minimum atomic E-state index is -3.33. The largest absolute Gasteiger partial charge is 0.235 e. The van der Waals surface area contributed by atoms with Gasteiger partial charge in [-0.15, -0.1) is 0 Å². The first-order chi connectivity index (χ1) is 8.37. The highest BCUT2D eigenvalue weighted by Crippen LogP contribution is 2.45. The molecule has 0 spiro atoms. The van der Waals surface area contributed by atoms with Crippen molar-refractivity contribution in [3.05, 3.63) is 28.8 Å². The van der Waals surface area contributed by atoms with Crippen LogP contribution in [0.1, 0.15) is 24.8 Å². The number of hydrogen-bond acceptors (Lipinski definition) is 4. The van der Waals surface area contributed by atoms with Crippen molar-refractivity contribution in [2.45, 2.75) is 29.7 Å². The van der Waals surface area contributed by atoms with Crippen LogP contribution in [0, 0.1) is 0 Å². The van der Waals surface area contributed by atoms with Crippen molar-refractivity contribution in [1.29, 1.82) is 0 Å². The topological polar surface area (TPSA) is 63.6 Å². The third-order valence-corrected chi connectivity index (χ3v) is 4.59. The molecule has 0 N–H and O–H groups in total. The second-order valence-electron chi connectivity index (χ2n) is 4.54. The molecule has 0 atom stereocenters. The summed E-state index contributed by atoms with van der Waals surface area (Å²) in [5, 5.41) is 0.334. The Hall–Kier alpha value is -1.16. The summed E-state index contributed by atoms with van der Waals surface area (Å²) in [6.45, 7) is 0. The zero-order valence-corrected chi connectivity index (χ0v) is 11.4. The standard InChI is InChI=1S/C12H12ClNO3S/c1-18(16,17)11-6-9(5-10(13)7-11)12(14-8-15)3-2-4-12/h5-7H,2-4H2,1H3. The fourth-order valence-corrected chi connectivity index (χ4v) is 3.09. The van der Waals surface area contributed by atoms with Gasteiger partial charge in [-0.2, -0.15) is 4.99 Å². The SMILES string of the molecule is CS(=O)(=O)c1cc(Cl)cc(C2(N=C=O)CCC2)c1. The van der Waals surface area contributed by atoms with Crippen LogP contribution in [0.15, 0.2) is 28.1 Å². The Bertz CT molecular complexity index is 629. The van der Waals surface area contributed by atoms with Gasteiger partial charge in [0.2, 0.25) is 6.08 Å². The van der Waals surface area contributed by atoms with Gasteiger partial charge in [0.25, 0.3) is 0 Å². The molecule has 0 amide bonds. The smallest absolute Gasteiger partial charge is 0.224 e. The molecule has 0 bridgehead atoms. The highest BCUT2D eigenvalue weighted by molar-refractivity contribution is 7.90. The fraction of sp³-hybridized carbons (Fsp3) is 0.417. The Kier molecular flexibility index (Phi) is 3.32. The zero-order valence-electron chi connectivity index (χ0n) is 9.81. The molecule has 1 aliphatic rings. The summed E-state index contributed by atoms with van der Waals surface area (Å²) >= 11 is 5.94. The van der Waals surface area contributed by atoms with Gasteiger partial charge in [-0.3, -0.25) is 0 Å². The Morgan fingerprint density at radius 1 is 1.33 bits per heavy atom. The third kappa shape index (κ3) is 2.34. The summed E-state index contributed by atoms with van der Waals surface area (Å²) in [6, 6.07) is 4.61.